The van der Waals surface area contributed by atoms with Crippen LogP contribution in [0.5, 0.6) is 0 Å². The topological polar surface area (TPSA) is 20.2 Å². The van der Waals surface area contributed by atoms with Crippen LogP contribution in [0.3, 0.4) is 0 Å². The highest BCUT2D eigenvalue weighted by molar-refractivity contribution is 5.07. The summed E-state index contributed by atoms with van der Waals surface area (Å²) in [5.41, 5.74) is 1.02. The molecule has 0 radical (unpaired) electrons. The first-order chi connectivity index (χ1) is 5.07. The highest BCUT2D eigenvalue weighted by atomic mass is 16.3. The fraction of sp³-hybridized carbons (Fsp3) is 0.600. The van der Waals surface area contributed by atoms with Gasteiger partial charge in [-0.25, -0.2) is 0 Å². The normalized spacial score (nSPS) is 14.3. The molecule has 0 aliphatic heterocycles. The van der Waals surface area contributed by atoms with Gasteiger partial charge in [0.1, 0.15) is 0 Å². The molecular weight excluding hydrogens is 136 g/mol. The minimum atomic E-state index is 0.136. The van der Waals surface area contributed by atoms with Crippen molar-refractivity contribution in [2.45, 2.75) is 20.8 Å². The predicted octanol–water partition coefficient (Wildman–Crippen LogP) is 2.38. The largest absolute Gasteiger partial charge is 0.395 e. The molecule has 0 aliphatic carbocycles. The van der Waals surface area contributed by atoms with Crippen LogP contribution in [0.4, 0.5) is 0 Å². The van der Waals surface area contributed by atoms with Crippen LogP contribution < -0.4 is 0 Å². The van der Waals surface area contributed by atoms with Crippen molar-refractivity contribution < 1.29 is 5.11 Å². The van der Waals surface area contributed by atoms with Gasteiger partial charge in [-0.05, 0) is 12.8 Å². The van der Waals surface area contributed by atoms with E-state index in [2.05, 4.69) is 26.5 Å². The number of hydrogen-bond acceptors (Lipinski definition) is 1. The third-order valence-corrected chi connectivity index (χ3v) is 1.56. The maximum atomic E-state index is 8.90. The first-order valence-electron chi connectivity index (χ1n) is 4.02. The van der Waals surface area contributed by atoms with Gasteiger partial charge in [-0.3, -0.25) is 0 Å². The lowest BCUT2D eigenvalue weighted by molar-refractivity contribution is 0.268. The molecule has 1 nitrogen and oxygen atoms in total. The highest BCUT2D eigenvalue weighted by Gasteiger charge is 2.01. The number of allylic oxidation sites excluding steroid dienone is 1. The molecule has 0 aromatic heterocycles. The molecule has 0 spiro atoms. The second-order valence-corrected chi connectivity index (χ2v) is 3.26. The van der Waals surface area contributed by atoms with Crippen molar-refractivity contribution >= 4 is 0 Å². The summed E-state index contributed by atoms with van der Waals surface area (Å²) >= 11 is 0. The number of aliphatic hydroxyl groups is 1. The number of rotatable bonds is 4. The van der Waals surface area contributed by atoms with Crippen LogP contribution in [-0.4, -0.2) is 11.7 Å². The van der Waals surface area contributed by atoms with Crippen LogP contribution in [0, 0.1) is 11.8 Å². The SMILES string of the molecule is C=C(C)C(C=CC(C)C)CO. The number of hydrogen-bond donors (Lipinski definition) is 1. The predicted molar refractivity (Wildman–Crippen MR) is 49.4 cm³/mol. The van der Waals surface area contributed by atoms with E-state index in [1.54, 1.807) is 0 Å². The third kappa shape index (κ3) is 4.79. The third-order valence-electron chi connectivity index (χ3n) is 1.56. The van der Waals surface area contributed by atoms with Crippen molar-refractivity contribution in [3.05, 3.63) is 24.3 Å². The van der Waals surface area contributed by atoms with Gasteiger partial charge in [-0.15, -0.1) is 0 Å². The lowest BCUT2D eigenvalue weighted by Crippen LogP contribution is -2.03. The second kappa shape index (κ2) is 5.14. The fourth-order valence-corrected chi connectivity index (χ4v) is 0.737. The summed E-state index contributed by atoms with van der Waals surface area (Å²) in [5.74, 6) is 0.681. The molecule has 0 aromatic rings. The Balaban J connectivity index is 3.97. The molecule has 1 unspecified atom stereocenters. The Morgan fingerprint density at radius 1 is 1.45 bits per heavy atom. The molecule has 0 saturated heterocycles. The van der Waals surface area contributed by atoms with Gasteiger partial charge in [0.05, 0.1) is 6.61 Å². The van der Waals surface area contributed by atoms with E-state index < -0.39 is 0 Å². The first-order valence-corrected chi connectivity index (χ1v) is 4.02. The molecule has 0 rings (SSSR count). The monoisotopic (exact) mass is 154 g/mol. The molecule has 0 aromatic carbocycles. The molecule has 11 heavy (non-hydrogen) atoms. The average molecular weight is 154 g/mol. The van der Waals surface area contributed by atoms with Crippen LogP contribution in [0.2, 0.25) is 0 Å². The van der Waals surface area contributed by atoms with E-state index in [4.69, 9.17) is 5.11 Å². The summed E-state index contributed by atoms with van der Waals surface area (Å²) < 4.78 is 0. The lowest BCUT2D eigenvalue weighted by Gasteiger charge is -2.08. The van der Waals surface area contributed by atoms with E-state index in [0.717, 1.165) is 5.57 Å². The van der Waals surface area contributed by atoms with Crippen molar-refractivity contribution in [2.75, 3.05) is 6.61 Å². The molecule has 1 atom stereocenters. The molecular formula is C10H18O. The molecule has 0 heterocycles. The van der Waals surface area contributed by atoms with Gasteiger partial charge in [0.25, 0.3) is 0 Å². The Morgan fingerprint density at radius 2 is 2.00 bits per heavy atom. The van der Waals surface area contributed by atoms with Crippen molar-refractivity contribution in [1.82, 2.24) is 0 Å². The summed E-state index contributed by atoms with van der Waals surface area (Å²) in [6, 6.07) is 0. The number of aliphatic hydroxyl groups excluding tert-OH is 1. The van der Waals surface area contributed by atoms with Gasteiger partial charge in [0, 0.05) is 5.92 Å². The smallest absolute Gasteiger partial charge is 0.0531 e. The summed E-state index contributed by atoms with van der Waals surface area (Å²) in [4.78, 5) is 0. The summed E-state index contributed by atoms with van der Waals surface area (Å²) in [6.07, 6.45) is 4.11. The van der Waals surface area contributed by atoms with Gasteiger partial charge < -0.3 is 5.11 Å². The summed E-state index contributed by atoms with van der Waals surface area (Å²) in [5, 5.41) is 8.90. The zero-order valence-electron chi connectivity index (χ0n) is 7.67. The van der Waals surface area contributed by atoms with Gasteiger partial charge in [-0.2, -0.15) is 0 Å². The Morgan fingerprint density at radius 3 is 2.27 bits per heavy atom. The van der Waals surface area contributed by atoms with Crippen molar-refractivity contribution in [3.8, 4) is 0 Å². The van der Waals surface area contributed by atoms with E-state index in [-0.39, 0.29) is 12.5 Å². The summed E-state index contributed by atoms with van der Waals surface area (Å²) in [6.45, 7) is 10.1. The van der Waals surface area contributed by atoms with Gasteiger partial charge in [0.15, 0.2) is 0 Å². The molecule has 0 amide bonds. The standard InChI is InChI=1S/C10H18O/c1-8(2)5-6-10(7-11)9(3)4/h5-6,8,10-11H,3,7H2,1-2,4H3. The van der Waals surface area contributed by atoms with E-state index in [0.29, 0.717) is 5.92 Å². The van der Waals surface area contributed by atoms with Crippen molar-refractivity contribution in [3.63, 3.8) is 0 Å². The molecule has 1 N–H and O–H groups in total. The molecule has 0 saturated carbocycles. The molecule has 0 fully saturated rings. The first kappa shape index (κ1) is 10.4. The molecule has 0 aliphatic rings. The Kier molecular flexibility index (Phi) is 4.88. The van der Waals surface area contributed by atoms with Gasteiger partial charge in [-0.1, -0.05) is 38.2 Å². The van der Waals surface area contributed by atoms with E-state index in [1.165, 1.54) is 0 Å². The van der Waals surface area contributed by atoms with E-state index >= 15 is 0 Å². The van der Waals surface area contributed by atoms with E-state index in [1.807, 2.05) is 13.0 Å². The van der Waals surface area contributed by atoms with Crippen molar-refractivity contribution in [2.24, 2.45) is 11.8 Å². The zero-order valence-corrected chi connectivity index (χ0v) is 7.67. The summed E-state index contributed by atoms with van der Waals surface area (Å²) in [7, 11) is 0. The lowest BCUT2D eigenvalue weighted by atomic mass is 10.0. The zero-order chi connectivity index (χ0) is 8.85. The van der Waals surface area contributed by atoms with Crippen LogP contribution >= 0.6 is 0 Å². The Bertz CT molecular complexity index is 145. The van der Waals surface area contributed by atoms with Crippen LogP contribution in [0.1, 0.15) is 20.8 Å². The molecule has 1 heteroatoms. The minimum absolute atomic E-state index is 0.136. The van der Waals surface area contributed by atoms with Crippen molar-refractivity contribution in [1.29, 1.82) is 0 Å². The second-order valence-electron chi connectivity index (χ2n) is 3.26. The maximum Gasteiger partial charge on any atom is 0.0531 e. The van der Waals surface area contributed by atoms with Crippen LogP contribution in [0.15, 0.2) is 24.3 Å². The fourth-order valence-electron chi connectivity index (χ4n) is 0.737. The quantitative estimate of drug-likeness (QED) is 0.616. The van der Waals surface area contributed by atoms with E-state index in [9.17, 15) is 0 Å². The highest BCUT2D eigenvalue weighted by Crippen LogP contribution is 2.10. The van der Waals surface area contributed by atoms with Gasteiger partial charge >= 0.3 is 0 Å². The minimum Gasteiger partial charge on any atom is -0.395 e. The Labute approximate surface area is 69.4 Å². The van der Waals surface area contributed by atoms with Gasteiger partial charge in [0.2, 0.25) is 0 Å². The molecule has 0 bridgehead atoms. The average Bonchev–Trinajstić information content (AvgIpc) is 1.87. The maximum absolute atomic E-state index is 8.90. The van der Waals surface area contributed by atoms with Crippen LogP contribution in [-0.2, 0) is 0 Å². The Hall–Kier alpha value is -0.560. The molecule has 64 valence electrons. The van der Waals surface area contributed by atoms with Crippen LogP contribution in [0.25, 0.3) is 0 Å².